The molecule has 3 aromatic rings. The van der Waals surface area contributed by atoms with Crippen LogP contribution in [0, 0.1) is 0 Å². The summed E-state index contributed by atoms with van der Waals surface area (Å²) in [5.74, 6) is 0.616. The predicted octanol–water partition coefficient (Wildman–Crippen LogP) is 4.27. The fourth-order valence-corrected chi connectivity index (χ4v) is 3.34. The number of aryl methyl sites for hydroxylation is 1. The average Bonchev–Trinajstić information content (AvgIpc) is 2.73. The highest BCUT2D eigenvalue weighted by Crippen LogP contribution is 2.22. The predicted molar refractivity (Wildman–Crippen MR) is 113 cm³/mol. The van der Waals surface area contributed by atoms with E-state index in [9.17, 15) is 9.59 Å². The highest BCUT2D eigenvalue weighted by molar-refractivity contribution is 5.78. The van der Waals surface area contributed by atoms with Crippen LogP contribution in [-0.2, 0) is 11.2 Å². The maximum atomic E-state index is 13.3. The summed E-state index contributed by atoms with van der Waals surface area (Å²) < 4.78 is 1.64. The fourth-order valence-electron chi connectivity index (χ4n) is 3.34. The number of fused-ring (bicyclic) bond motifs is 1. The van der Waals surface area contributed by atoms with E-state index in [4.69, 9.17) is 4.98 Å². The summed E-state index contributed by atoms with van der Waals surface area (Å²) in [6.45, 7) is 6.00. The average molecular weight is 377 g/mol. The number of amides is 1. The van der Waals surface area contributed by atoms with E-state index < -0.39 is 0 Å². The van der Waals surface area contributed by atoms with Crippen LogP contribution in [0.3, 0.4) is 0 Å². The first kappa shape index (κ1) is 19.8. The maximum absolute atomic E-state index is 13.3. The zero-order valence-corrected chi connectivity index (χ0v) is 17.0. The number of aromatic nitrogens is 2. The molecule has 3 rings (SSSR count). The van der Waals surface area contributed by atoms with E-state index in [0.29, 0.717) is 23.1 Å². The number of hydrogen-bond acceptors (Lipinski definition) is 3. The monoisotopic (exact) mass is 377 g/mol. The van der Waals surface area contributed by atoms with Crippen molar-refractivity contribution in [1.29, 1.82) is 0 Å². The number of carbonyl (C=O) groups is 1. The first-order valence-electron chi connectivity index (χ1n) is 9.84. The Hall–Kier alpha value is -2.95. The normalized spacial score (nSPS) is 12.1. The molecule has 1 heterocycles. The summed E-state index contributed by atoms with van der Waals surface area (Å²) in [6.07, 6.45) is 2.19. The van der Waals surface area contributed by atoms with E-state index in [0.717, 1.165) is 18.5 Å². The molecule has 0 N–H and O–H groups in total. The molecule has 1 amide bonds. The highest BCUT2D eigenvalue weighted by atomic mass is 16.2. The van der Waals surface area contributed by atoms with Crippen molar-refractivity contribution < 1.29 is 4.79 Å². The van der Waals surface area contributed by atoms with E-state index in [-0.39, 0.29) is 17.5 Å². The Morgan fingerprint density at radius 3 is 2.43 bits per heavy atom. The Balaban J connectivity index is 2.22. The molecule has 2 aromatic carbocycles. The molecule has 0 aliphatic rings. The van der Waals surface area contributed by atoms with Gasteiger partial charge in [-0.05, 0) is 49.6 Å². The quantitative estimate of drug-likeness (QED) is 0.645. The molecule has 28 heavy (non-hydrogen) atoms. The molecule has 0 bridgehead atoms. The van der Waals surface area contributed by atoms with E-state index >= 15 is 0 Å². The Kier molecular flexibility index (Phi) is 5.93. The molecule has 146 valence electrons. The fraction of sp³-hybridized carbons (Fsp3) is 0.348. The van der Waals surface area contributed by atoms with Crippen molar-refractivity contribution in [3.63, 3.8) is 0 Å². The first-order chi connectivity index (χ1) is 13.5. The molecule has 5 heteroatoms. The summed E-state index contributed by atoms with van der Waals surface area (Å²) in [6, 6.07) is 15.0. The van der Waals surface area contributed by atoms with Crippen LogP contribution < -0.4 is 5.56 Å². The van der Waals surface area contributed by atoms with Gasteiger partial charge in [0.15, 0.2) is 0 Å². The molecule has 0 aliphatic heterocycles. The molecule has 1 aromatic heterocycles. The SMILES string of the molecule is CCCC(=O)N(C)C(C)c1nc2ccccc2c(=O)n1-c1ccc(CC)cc1. The summed E-state index contributed by atoms with van der Waals surface area (Å²) in [7, 11) is 1.77. The van der Waals surface area contributed by atoms with Crippen LogP contribution in [-0.4, -0.2) is 27.4 Å². The number of benzene rings is 2. The minimum atomic E-state index is -0.331. The van der Waals surface area contributed by atoms with Crippen molar-refractivity contribution in [3.8, 4) is 5.69 Å². The zero-order valence-electron chi connectivity index (χ0n) is 17.0. The molecule has 1 unspecified atom stereocenters. The standard InChI is InChI=1S/C23H27N3O2/c1-5-9-21(27)25(4)16(3)22-24-20-11-8-7-10-19(20)23(28)26(22)18-14-12-17(6-2)13-15-18/h7-8,10-16H,5-6,9H2,1-4H3. The zero-order chi connectivity index (χ0) is 20.3. The van der Waals surface area contributed by atoms with Gasteiger partial charge in [0.2, 0.25) is 5.91 Å². The molecular formula is C23H27N3O2. The van der Waals surface area contributed by atoms with Crippen LogP contribution in [0.2, 0.25) is 0 Å². The third kappa shape index (κ3) is 3.70. The second kappa shape index (κ2) is 8.38. The Labute approximate surface area is 165 Å². The lowest BCUT2D eigenvalue weighted by Crippen LogP contribution is -2.34. The summed E-state index contributed by atoms with van der Waals surface area (Å²) in [4.78, 5) is 32.3. The van der Waals surface area contributed by atoms with Crippen molar-refractivity contribution in [2.24, 2.45) is 0 Å². The molecule has 5 nitrogen and oxygen atoms in total. The Bertz CT molecular complexity index is 1040. The Morgan fingerprint density at radius 1 is 1.11 bits per heavy atom. The van der Waals surface area contributed by atoms with E-state index in [2.05, 4.69) is 6.92 Å². The maximum Gasteiger partial charge on any atom is 0.266 e. The van der Waals surface area contributed by atoms with Gasteiger partial charge in [-0.15, -0.1) is 0 Å². The van der Waals surface area contributed by atoms with Gasteiger partial charge >= 0.3 is 0 Å². The van der Waals surface area contributed by atoms with Crippen molar-refractivity contribution in [1.82, 2.24) is 14.5 Å². The van der Waals surface area contributed by atoms with Gasteiger partial charge in [0.25, 0.3) is 5.56 Å². The molecule has 0 radical (unpaired) electrons. The van der Waals surface area contributed by atoms with Crippen LogP contribution in [0.4, 0.5) is 0 Å². The van der Waals surface area contributed by atoms with Gasteiger partial charge in [-0.2, -0.15) is 0 Å². The lowest BCUT2D eigenvalue weighted by molar-refractivity contribution is -0.132. The molecule has 0 saturated heterocycles. The van der Waals surface area contributed by atoms with Crippen molar-refractivity contribution in [2.75, 3.05) is 7.05 Å². The van der Waals surface area contributed by atoms with E-state index in [1.165, 1.54) is 5.56 Å². The molecule has 0 fully saturated rings. The van der Waals surface area contributed by atoms with Gasteiger partial charge in [0, 0.05) is 13.5 Å². The van der Waals surface area contributed by atoms with Crippen molar-refractivity contribution >= 4 is 16.8 Å². The summed E-state index contributed by atoms with van der Waals surface area (Å²) in [5, 5.41) is 0.570. The van der Waals surface area contributed by atoms with Gasteiger partial charge in [-0.3, -0.25) is 14.2 Å². The second-order valence-electron chi connectivity index (χ2n) is 7.08. The molecule has 0 saturated carbocycles. The largest absolute Gasteiger partial charge is 0.336 e. The third-order valence-electron chi connectivity index (χ3n) is 5.22. The van der Waals surface area contributed by atoms with Crippen LogP contribution in [0.1, 0.15) is 51.0 Å². The number of hydrogen-bond donors (Lipinski definition) is 0. The van der Waals surface area contributed by atoms with E-state index in [1.807, 2.05) is 56.3 Å². The molecular weight excluding hydrogens is 350 g/mol. The van der Waals surface area contributed by atoms with Gasteiger partial charge < -0.3 is 4.90 Å². The van der Waals surface area contributed by atoms with Crippen LogP contribution in [0.25, 0.3) is 16.6 Å². The minimum Gasteiger partial charge on any atom is -0.336 e. The topological polar surface area (TPSA) is 55.2 Å². The van der Waals surface area contributed by atoms with Crippen molar-refractivity contribution in [3.05, 3.63) is 70.3 Å². The number of carbonyl (C=O) groups excluding carboxylic acids is 1. The van der Waals surface area contributed by atoms with E-state index in [1.54, 1.807) is 22.6 Å². The van der Waals surface area contributed by atoms with Crippen molar-refractivity contribution in [2.45, 2.75) is 46.1 Å². The smallest absolute Gasteiger partial charge is 0.266 e. The summed E-state index contributed by atoms with van der Waals surface area (Å²) >= 11 is 0. The van der Waals surface area contributed by atoms with Crippen LogP contribution in [0.5, 0.6) is 0 Å². The minimum absolute atomic E-state index is 0.0466. The lowest BCUT2D eigenvalue weighted by Gasteiger charge is -2.27. The van der Waals surface area contributed by atoms with Gasteiger partial charge in [0.1, 0.15) is 5.82 Å². The number of para-hydroxylation sites is 1. The number of rotatable bonds is 6. The molecule has 0 spiro atoms. The first-order valence-corrected chi connectivity index (χ1v) is 9.84. The van der Waals surface area contributed by atoms with Gasteiger partial charge in [-0.25, -0.2) is 4.98 Å². The molecule has 1 atom stereocenters. The third-order valence-corrected chi connectivity index (χ3v) is 5.22. The van der Waals surface area contributed by atoms with Crippen LogP contribution >= 0.6 is 0 Å². The lowest BCUT2D eigenvalue weighted by atomic mass is 10.1. The highest BCUT2D eigenvalue weighted by Gasteiger charge is 2.23. The van der Waals surface area contributed by atoms with Gasteiger partial charge in [-0.1, -0.05) is 38.1 Å². The second-order valence-corrected chi connectivity index (χ2v) is 7.08. The molecule has 0 aliphatic carbocycles. The van der Waals surface area contributed by atoms with Gasteiger partial charge in [0.05, 0.1) is 22.6 Å². The Morgan fingerprint density at radius 2 is 1.79 bits per heavy atom. The summed E-state index contributed by atoms with van der Waals surface area (Å²) in [5.41, 5.74) is 2.49. The van der Waals surface area contributed by atoms with Crippen LogP contribution in [0.15, 0.2) is 53.3 Å². The number of nitrogens with zero attached hydrogens (tertiary/aromatic N) is 3.